The molecule has 5 nitrogen and oxygen atoms in total. The summed E-state index contributed by atoms with van der Waals surface area (Å²) in [5.41, 5.74) is 5.64. The normalized spacial score (nSPS) is 13.8. The van der Waals surface area contributed by atoms with Gasteiger partial charge in [-0.25, -0.2) is 0 Å². The van der Waals surface area contributed by atoms with Gasteiger partial charge in [0.1, 0.15) is 5.25 Å². The minimum atomic E-state index is -4.18. The van der Waals surface area contributed by atoms with Gasteiger partial charge in [0.05, 0.1) is 0 Å². The van der Waals surface area contributed by atoms with Gasteiger partial charge in [0.2, 0.25) is 5.91 Å². The molecule has 0 aliphatic carbocycles. The molecule has 0 spiro atoms. The average Bonchev–Trinajstić information content (AvgIpc) is 2.53. The Morgan fingerprint density at radius 2 is 1.36 bits per heavy atom. The van der Waals surface area contributed by atoms with Crippen LogP contribution in [0.1, 0.15) is 97.3 Å². The zero-order valence-corrected chi connectivity index (χ0v) is 16.8. The average molecular weight is 376 g/mol. The summed E-state index contributed by atoms with van der Waals surface area (Å²) in [6.07, 6.45) is 15.3. The highest BCUT2D eigenvalue weighted by Gasteiger charge is 2.20. The Labute approximate surface area is 154 Å². The number of hydrogen-bond donors (Lipinski definition) is 2. The van der Waals surface area contributed by atoms with Crippen molar-refractivity contribution in [2.75, 3.05) is 0 Å². The van der Waals surface area contributed by atoms with Crippen molar-refractivity contribution >= 4 is 16.0 Å². The third-order valence-corrected chi connectivity index (χ3v) is 5.77. The van der Waals surface area contributed by atoms with Crippen molar-refractivity contribution in [1.82, 2.24) is 0 Å². The van der Waals surface area contributed by atoms with Crippen molar-refractivity contribution in [1.29, 1.82) is 0 Å². The summed E-state index contributed by atoms with van der Waals surface area (Å²) in [4.78, 5) is 11.5. The first-order valence-corrected chi connectivity index (χ1v) is 11.3. The Kier molecular flexibility index (Phi) is 13.8. The molecule has 0 aromatic heterocycles. The predicted octanol–water partition coefficient (Wildman–Crippen LogP) is 4.77. The van der Waals surface area contributed by atoms with Gasteiger partial charge >= 0.3 is 0 Å². The van der Waals surface area contributed by atoms with Crippen molar-refractivity contribution < 1.29 is 17.8 Å². The summed E-state index contributed by atoms with van der Waals surface area (Å²) in [5.74, 6) is -0.603. The van der Waals surface area contributed by atoms with E-state index in [2.05, 4.69) is 6.92 Å². The lowest BCUT2D eigenvalue weighted by molar-refractivity contribution is -0.114. The SMILES string of the molecule is CCCCCCCCCCCCCC(=CC(CC)S(=O)(=O)O)C(N)=O. The summed E-state index contributed by atoms with van der Waals surface area (Å²) in [6, 6.07) is 0. The second-order valence-corrected chi connectivity index (χ2v) is 8.44. The van der Waals surface area contributed by atoms with E-state index in [1.807, 2.05) is 0 Å². The van der Waals surface area contributed by atoms with Gasteiger partial charge in [-0.2, -0.15) is 8.42 Å². The van der Waals surface area contributed by atoms with E-state index in [0.717, 1.165) is 19.3 Å². The third kappa shape index (κ3) is 13.0. The van der Waals surface area contributed by atoms with Crippen molar-refractivity contribution in [2.24, 2.45) is 5.73 Å². The molecule has 0 aromatic carbocycles. The summed E-state index contributed by atoms with van der Waals surface area (Å²) in [6.45, 7) is 3.87. The topological polar surface area (TPSA) is 97.5 Å². The fourth-order valence-corrected chi connectivity index (χ4v) is 3.66. The maximum absolute atomic E-state index is 11.5. The first-order valence-electron chi connectivity index (χ1n) is 9.79. The molecule has 0 heterocycles. The highest BCUT2D eigenvalue weighted by atomic mass is 32.2. The van der Waals surface area contributed by atoms with Gasteiger partial charge in [0.25, 0.3) is 10.1 Å². The van der Waals surface area contributed by atoms with Crippen LogP contribution in [0.15, 0.2) is 11.6 Å². The van der Waals surface area contributed by atoms with E-state index in [9.17, 15) is 13.2 Å². The van der Waals surface area contributed by atoms with Gasteiger partial charge in [-0.1, -0.05) is 84.1 Å². The molecule has 1 unspecified atom stereocenters. The largest absolute Gasteiger partial charge is 0.366 e. The Hall–Kier alpha value is -0.880. The number of rotatable bonds is 16. The zero-order chi connectivity index (χ0) is 19.1. The van der Waals surface area contributed by atoms with Crippen LogP contribution < -0.4 is 5.73 Å². The molecule has 0 rings (SSSR count). The molecule has 0 aliphatic heterocycles. The van der Waals surface area contributed by atoms with Crippen molar-refractivity contribution in [3.63, 3.8) is 0 Å². The lowest BCUT2D eigenvalue weighted by Crippen LogP contribution is -2.21. The van der Waals surface area contributed by atoms with Crippen LogP contribution >= 0.6 is 0 Å². The van der Waals surface area contributed by atoms with Crippen LogP contribution in [0.2, 0.25) is 0 Å². The molecule has 25 heavy (non-hydrogen) atoms. The van der Waals surface area contributed by atoms with Crippen molar-refractivity contribution in [3.05, 3.63) is 11.6 Å². The molecule has 1 atom stereocenters. The molecular formula is C19H37NO4S. The smallest absolute Gasteiger partial charge is 0.271 e. The lowest BCUT2D eigenvalue weighted by Gasteiger charge is -2.09. The molecule has 0 aliphatic rings. The molecular weight excluding hydrogens is 338 g/mol. The van der Waals surface area contributed by atoms with E-state index >= 15 is 0 Å². The van der Waals surface area contributed by atoms with Gasteiger partial charge in [-0.3, -0.25) is 9.35 Å². The first kappa shape index (κ1) is 24.1. The Balaban J connectivity index is 3.97. The van der Waals surface area contributed by atoms with Crippen molar-refractivity contribution in [2.45, 2.75) is 103 Å². The van der Waals surface area contributed by atoms with Gasteiger partial charge in [0, 0.05) is 5.57 Å². The van der Waals surface area contributed by atoms with E-state index < -0.39 is 21.3 Å². The fourth-order valence-electron chi connectivity index (χ4n) is 2.91. The number of amides is 1. The Morgan fingerprint density at radius 3 is 1.72 bits per heavy atom. The molecule has 3 N–H and O–H groups in total. The van der Waals surface area contributed by atoms with E-state index in [4.69, 9.17) is 10.3 Å². The van der Waals surface area contributed by atoms with Crippen LogP contribution in [-0.4, -0.2) is 24.1 Å². The number of carbonyl (C=O) groups excluding carboxylic acids is 1. The molecule has 0 radical (unpaired) electrons. The monoisotopic (exact) mass is 375 g/mol. The molecule has 0 saturated carbocycles. The minimum absolute atomic E-state index is 0.216. The van der Waals surface area contributed by atoms with Crippen LogP contribution in [0.5, 0.6) is 0 Å². The van der Waals surface area contributed by atoms with E-state index in [-0.39, 0.29) is 6.42 Å². The summed E-state index contributed by atoms with van der Waals surface area (Å²) >= 11 is 0. The maximum Gasteiger partial charge on any atom is 0.271 e. The molecule has 1 amide bonds. The molecule has 6 heteroatoms. The number of hydrogen-bond acceptors (Lipinski definition) is 3. The quantitative estimate of drug-likeness (QED) is 0.231. The molecule has 0 aromatic rings. The van der Waals surface area contributed by atoms with E-state index in [1.54, 1.807) is 6.92 Å². The van der Waals surface area contributed by atoms with Crippen molar-refractivity contribution in [3.8, 4) is 0 Å². The molecule has 0 bridgehead atoms. The number of unbranched alkanes of at least 4 members (excludes halogenated alkanes) is 10. The van der Waals surface area contributed by atoms with E-state index in [0.29, 0.717) is 12.0 Å². The lowest BCUT2D eigenvalue weighted by atomic mass is 10.0. The minimum Gasteiger partial charge on any atom is -0.366 e. The second-order valence-electron chi connectivity index (χ2n) is 6.80. The van der Waals surface area contributed by atoms with E-state index in [1.165, 1.54) is 57.4 Å². The van der Waals surface area contributed by atoms with Gasteiger partial charge in [-0.05, 0) is 19.3 Å². The fraction of sp³-hybridized carbons (Fsp3) is 0.842. The van der Waals surface area contributed by atoms with Crippen LogP contribution in [0.4, 0.5) is 0 Å². The first-order chi connectivity index (χ1) is 11.8. The Morgan fingerprint density at radius 1 is 0.920 bits per heavy atom. The number of carbonyl (C=O) groups is 1. The number of primary amides is 1. The predicted molar refractivity (Wildman–Crippen MR) is 104 cm³/mol. The molecule has 148 valence electrons. The van der Waals surface area contributed by atoms with Crippen LogP contribution in [0.3, 0.4) is 0 Å². The van der Waals surface area contributed by atoms with Gasteiger partial charge < -0.3 is 5.73 Å². The highest BCUT2D eigenvalue weighted by molar-refractivity contribution is 7.86. The van der Waals surface area contributed by atoms with Gasteiger partial charge in [-0.15, -0.1) is 0 Å². The van der Waals surface area contributed by atoms with Crippen LogP contribution in [0, 0.1) is 0 Å². The Bertz CT molecular complexity index is 486. The second kappa shape index (κ2) is 14.3. The maximum atomic E-state index is 11.5. The summed E-state index contributed by atoms with van der Waals surface area (Å²) < 4.78 is 31.6. The number of nitrogens with two attached hydrogens (primary N) is 1. The highest BCUT2D eigenvalue weighted by Crippen LogP contribution is 2.16. The summed E-state index contributed by atoms with van der Waals surface area (Å²) in [5, 5.41) is -1.05. The standard InChI is InChI=1S/C19H37NO4S/c1-3-5-6-7-8-9-10-11-12-13-14-15-17(19(20)21)16-18(4-2)25(22,23)24/h16,18H,3-15H2,1-2H3,(H2,20,21)(H,22,23,24). The van der Waals surface area contributed by atoms with Crippen LogP contribution in [-0.2, 0) is 14.9 Å². The zero-order valence-electron chi connectivity index (χ0n) is 16.0. The molecule has 0 saturated heterocycles. The van der Waals surface area contributed by atoms with Crippen LogP contribution in [0.25, 0.3) is 0 Å². The third-order valence-electron chi connectivity index (χ3n) is 4.54. The van der Waals surface area contributed by atoms with Gasteiger partial charge in [0.15, 0.2) is 0 Å². The summed E-state index contributed by atoms with van der Waals surface area (Å²) in [7, 11) is -4.18. The molecule has 0 fully saturated rings.